The van der Waals surface area contributed by atoms with Crippen molar-refractivity contribution in [1.82, 2.24) is 8.28 Å². The highest BCUT2D eigenvalue weighted by Gasteiger charge is 2.37. The second-order valence-corrected chi connectivity index (χ2v) is 13.6. The van der Waals surface area contributed by atoms with Crippen LogP contribution >= 0.6 is 0 Å². The van der Waals surface area contributed by atoms with Gasteiger partial charge in [0.2, 0.25) is 0 Å². The number of aromatic nitrogens is 1. The average molecular weight is 545 g/mol. The molecule has 6 rings (SSSR count). The van der Waals surface area contributed by atoms with Crippen LogP contribution in [-0.2, 0) is 20.0 Å². The van der Waals surface area contributed by atoms with Gasteiger partial charge in [-0.15, -0.1) is 0 Å². The summed E-state index contributed by atoms with van der Waals surface area (Å²) < 4.78 is 57.9. The lowest BCUT2D eigenvalue weighted by Crippen LogP contribution is -2.29. The topological polar surface area (TPSA) is 76.5 Å². The summed E-state index contributed by atoms with van der Waals surface area (Å²) in [6, 6.07) is 21.1. The lowest BCUT2D eigenvalue weighted by molar-refractivity contribution is 0.507. The zero-order valence-corrected chi connectivity index (χ0v) is 22.9. The first-order valence-electron chi connectivity index (χ1n) is 12.6. The van der Waals surface area contributed by atoms with Gasteiger partial charge in [0, 0.05) is 29.3 Å². The van der Waals surface area contributed by atoms with E-state index in [1.54, 1.807) is 60.8 Å². The quantitative estimate of drug-likeness (QED) is 0.308. The van der Waals surface area contributed by atoms with E-state index in [1.807, 2.05) is 38.1 Å². The molecule has 0 bridgehead atoms. The standard InChI is InChI=1S/C30H28N2O4S2/c1-21-10-14-24(15-11-21)37(33,34)31-19-18-23-6-5-8-27(30(23)31)28-20-32(29-9-4-3-7-26(28)29)38(35,36)25-16-12-22(2)13-17-25/h3-4,7-17,20H,5-6,18-19H2,1-2H3. The molecule has 0 unspecified atom stereocenters. The van der Waals surface area contributed by atoms with Crippen LogP contribution in [0.4, 0.5) is 0 Å². The Morgan fingerprint density at radius 2 is 1.32 bits per heavy atom. The van der Waals surface area contributed by atoms with E-state index in [2.05, 4.69) is 0 Å². The molecule has 0 spiro atoms. The van der Waals surface area contributed by atoms with Crippen LogP contribution in [0.1, 0.15) is 36.0 Å². The minimum absolute atomic E-state index is 0.206. The van der Waals surface area contributed by atoms with Crippen molar-refractivity contribution in [2.75, 3.05) is 6.54 Å². The number of sulfonamides is 1. The maximum atomic E-state index is 13.8. The number of allylic oxidation sites excluding steroid dienone is 2. The molecule has 0 N–H and O–H groups in total. The summed E-state index contributed by atoms with van der Waals surface area (Å²) in [5, 5.41) is 0.766. The van der Waals surface area contributed by atoms with Crippen LogP contribution < -0.4 is 0 Å². The zero-order valence-electron chi connectivity index (χ0n) is 21.3. The molecule has 6 nitrogen and oxygen atoms in total. The monoisotopic (exact) mass is 544 g/mol. The van der Waals surface area contributed by atoms with Gasteiger partial charge in [-0.2, -0.15) is 0 Å². The van der Waals surface area contributed by atoms with Gasteiger partial charge in [0.25, 0.3) is 20.0 Å². The molecule has 1 aliphatic heterocycles. The number of aryl methyl sites for hydroxylation is 2. The van der Waals surface area contributed by atoms with Gasteiger partial charge in [-0.1, -0.05) is 59.7 Å². The Morgan fingerprint density at radius 3 is 1.97 bits per heavy atom. The lowest BCUT2D eigenvalue weighted by Gasteiger charge is -2.26. The second kappa shape index (κ2) is 8.99. The summed E-state index contributed by atoms with van der Waals surface area (Å²) >= 11 is 0. The van der Waals surface area contributed by atoms with E-state index < -0.39 is 20.0 Å². The first-order valence-corrected chi connectivity index (χ1v) is 15.5. The molecule has 1 aliphatic carbocycles. The van der Waals surface area contributed by atoms with Gasteiger partial charge in [0.15, 0.2) is 0 Å². The normalized spacial score (nSPS) is 16.2. The molecule has 1 aromatic heterocycles. The van der Waals surface area contributed by atoms with E-state index in [0.717, 1.165) is 46.1 Å². The van der Waals surface area contributed by atoms with Gasteiger partial charge in [-0.3, -0.25) is 4.31 Å². The van der Waals surface area contributed by atoms with Gasteiger partial charge in [0.05, 0.1) is 21.0 Å². The van der Waals surface area contributed by atoms with Gasteiger partial charge >= 0.3 is 0 Å². The first kappa shape index (κ1) is 24.7. The van der Waals surface area contributed by atoms with Crippen LogP contribution in [0.5, 0.6) is 0 Å². The largest absolute Gasteiger partial charge is 0.268 e. The molecular weight excluding hydrogens is 516 g/mol. The van der Waals surface area contributed by atoms with Crippen molar-refractivity contribution in [2.24, 2.45) is 0 Å². The summed E-state index contributed by atoms with van der Waals surface area (Å²) in [5.41, 5.74) is 5.80. The van der Waals surface area contributed by atoms with Crippen molar-refractivity contribution in [1.29, 1.82) is 0 Å². The molecule has 0 saturated carbocycles. The number of benzene rings is 3. The number of hydrogen-bond acceptors (Lipinski definition) is 4. The van der Waals surface area contributed by atoms with E-state index in [1.165, 1.54) is 8.28 Å². The van der Waals surface area contributed by atoms with Crippen LogP contribution in [-0.4, -0.2) is 31.7 Å². The molecular formula is C30H28N2O4S2. The van der Waals surface area contributed by atoms with Gasteiger partial charge < -0.3 is 0 Å². The van der Waals surface area contributed by atoms with Crippen molar-refractivity contribution in [3.05, 3.63) is 113 Å². The van der Waals surface area contributed by atoms with Crippen LogP contribution in [0.15, 0.2) is 106 Å². The molecule has 8 heteroatoms. The Bertz CT molecular complexity index is 1850. The SMILES string of the molecule is Cc1ccc(S(=O)(=O)N2CCC3=C2C(c2cn(S(=O)(=O)c4ccc(C)cc4)c4ccccc24)=CCC3)cc1. The molecule has 38 heavy (non-hydrogen) atoms. The summed E-state index contributed by atoms with van der Waals surface area (Å²) in [6.45, 7) is 4.21. The number of hydrogen-bond donors (Lipinski definition) is 0. The predicted molar refractivity (Wildman–Crippen MR) is 150 cm³/mol. The molecule has 0 fully saturated rings. The minimum Gasteiger partial charge on any atom is -0.265 e. The molecule has 3 aromatic carbocycles. The fraction of sp³-hybridized carbons (Fsp3) is 0.200. The van der Waals surface area contributed by atoms with Crippen LogP contribution in [0, 0.1) is 13.8 Å². The van der Waals surface area contributed by atoms with Gasteiger partial charge in [-0.25, -0.2) is 20.8 Å². The lowest BCUT2D eigenvalue weighted by atomic mass is 9.91. The van der Waals surface area contributed by atoms with E-state index in [4.69, 9.17) is 0 Å². The summed E-state index contributed by atoms with van der Waals surface area (Å²) in [5.74, 6) is 0. The second-order valence-electron chi connectivity index (χ2n) is 9.92. The average Bonchev–Trinajstić information content (AvgIpc) is 3.52. The molecule has 2 heterocycles. The van der Waals surface area contributed by atoms with Gasteiger partial charge in [-0.05, 0) is 69.0 Å². The van der Waals surface area contributed by atoms with Crippen molar-refractivity contribution in [3.63, 3.8) is 0 Å². The van der Waals surface area contributed by atoms with Crippen molar-refractivity contribution < 1.29 is 16.8 Å². The van der Waals surface area contributed by atoms with Crippen molar-refractivity contribution >= 4 is 36.5 Å². The molecule has 2 aliphatic rings. The molecule has 4 aromatic rings. The fourth-order valence-electron chi connectivity index (χ4n) is 5.40. The Kier molecular flexibility index (Phi) is 5.85. The van der Waals surface area contributed by atoms with E-state index in [9.17, 15) is 16.8 Å². The summed E-state index contributed by atoms with van der Waals surface area (Å²) in [7, 11) is -7.65. The highest BCUT2D eigenvalue weighted by Crippen LogP contribution is 2.45. The minimum atomic E-state index is -3.87. The Balaban J connectivity index is 1.50. The maximum absolute atomic E-state index is 13.8. The smallest absolute Gasteiger partial charge is 0.265 e. The van der Waals surface area contributed by atoms with E-state index in [0.29, 0.717) is 24.2 Å². The van der Waals surface area contributed by atoms with Crippen LogP contribution in [0.3, 0.4) is 0 Å². The molecule has 0 radical (unpaired) electrons. The van der Waals surface area contributed by atoms with Crippen molar-refractivity contribution in [2.45, 2.75) is 42.9 Å². The van der Waals surface area contributed by atoms with Crippen LogP contribution in [0.25, 0.3) is 16.5 Å². The Labute approximate surface area is 223 Å². The summed E-state index contributed by atoms with van der Waals surface area (Å²) in [4.78, 5) is 0.462. The fourth-order valence-corrected chi connectivity index (χ4v) is 8.30. The number of rotatable bonds is 5. The van der Waals surface area contributed by atoms with E-state index in [-0.39, 0.29) is 9.79 Å². The van der Waals surface area contributed by atoms with Gasteiger partial charge in [0.1, 0.15) is 0 Å². The molecule has 0 saturated heterocycles. The predicted octanol–water partition coefficient (Wildman–Crippen LogP) is 6.02. The zero-order chi connectivity index (χ0) is 26.7. The number of nitrogens with zero attached hydrogens (tertiary/aromatic N) is 2. The third kappa shape index (κ3) is 3.90. The number of para-hydroxylation sites is 1. The summed E-state index contributed by atoms with van der Waals surface area (Å²) in [6.07, 6.45) is 5.93. The Hall–Kier alpha value is -3.62. The van der Waals surface area contributed by atoms with Crippen LogP contribution in [0.2, 0.25) is 0 Å². The Morgan fingerprint density at radius 1 is 0.711 bits per heavy atom. The maximum Gasteiger partial charge on any atom is 0.268 e. The molecule has 0 atom stereocenters. The highest BCUT2D eigenvalue weighted by atomic mass is 32.2. The number of fused-ring (bicyclic) bond motifs is 1. The molecule has 0 amide bonds. The van der Waals surface area contributed by atoms with Crippen molar-refractivity contribution in [3.8, 4) is 0 Å². The first-order chi connectivity index (χ1) is 18.2. The molecule has 194 valence electrons. The highest BCUT2D eigenvalue weighted by molar-refractivity contribution is 7.90. The third-order valence-corrected chi connectivity index (χ3v) is 10.9. The van der Waals surface area contributed by atoms with E-state index >= 15 is 0 Å². The third-order valence-electron chi connectivity index (χ3n) is 7.41.